The third-order valence-electron chi connectivity index (χ3n) is 3.25. The van der Waals surface area contributed by atoms with Crippen molar-refractivity contribution in [2.75, 3.05) is 12.3 Å². The van der Waals surface area contributed by atoms with Crippen molar-refractivity contribution in [3.63, 3.8) is 0 Å². The predicted octanol–water partition coefficient (Wildman–Crippen LogP) is 3.96. The summed E-state index contributed by atoms with van der Waals surface area (Å²) >= 11 is 1.47. The second-order valence-corrected chi connectivity index (χ2v) is 7.46. The number of nitrogen functional groups attached to an aromatic ring is 1. The van der Waals surface area contributed by atoms with Crippen LogP contribution in [-0.2, 0) is 0 Å². The third-order valence-corrected chi connectivity index (χ3v) is 4.42. The second kappa shape index (κ2) is 5.44. The fourth-order valence-electron chi connectivity index (χ4n) is 2.02. The molecule has 0 fully saturated rings. The van der Waals surface area contributed by atoms with Gasteiger partial charge in [0.15, 0.2) is 0 Å². The maximum Gasteiger partial charge on any atom is 0.263 e. The first-order chi connectivity index (χ1) is 9.28. The van der Waals surface area contributed by atoms with Crippen molar-refractivity contribution in [1.82, 2.24) is 5.32 Å². The number of carbonyl (C=O) groups is 1. The first kappa shape index (κ1) is 14.9. The van der Waals surface area contributed by atoms with Gasteiger partial charge in [-0.15, -0.1) is 11.3 Å². The van der Waals surface area contributed by atoms with Crippen molar-refractivity contribution < 1.29 is 4.79 Å². The number of nitrogens with one attached hydrogen (secondary N) is 1. The average Bonchev–Trinajstić information content (AvgIpc) is 2.64. The fourth-order valence-corrected chi connectivity index (χ4v) is 3.16. The van der Waals surface area contributed by atoms with Crippen LogP contribution < -0.4 is 11.1 Å². The van der Waals surface area contributed by atoms with Gasteiger partial charge in [-0.3, -0.25) is 4.79 Å². The summed E-state index contributed by atoms with van der Waals surface area (Å²) in [4.78, 5) is 12.8. The molecule has 0 saturated heterocycles. The molecule has 1 aromatic carbocycles. The minimum Gasteiger partial charge on any atom is -0.397 e. The molecule has 0 aliphatic carbocycles. The summed E-state index contributed by atoms with van der Waals surface area (Å²) in [5, 5.41) is 3.94. The number of thiophene rings is 1. The predicted molar refractivity (Wildman–Crippen MR) is 87.4 cm³/mol. The number of carbonyl (C=O) groups excluding carboxylic acids is 1. The van der Waals surface area contributed by atoms with Crippen LogP contribution in [0.2, 0.25) is 0 Å². The van der Waals surface area contributed by atoms with Gasteiger partial charge in [-0.1, -0.05) is 32.9 Å². The van der Waals surface area contributed by atoms with Crippen LogP contribution >= 0.6 is 11.3 Å². The highest BCUT2D eigenvalue weighted by molar-refractivity contribution is 7.21. The summed E-state index contributed by atoms with van der Waals surface area (Å²) in [7, 11) is 0. The van der Waals surface area contributed by atoms with Crippen molar-refractivity contribution in [3.8, 4) is 0 Å². The van der Waals surface area contributed by atoms with Crippen LogP contribution in [0.15, 0.2) is 18.2 Å². The van der Waals surface area contributed by atoms with Gasteiger partial charge in [-0.05, 0) is 30.4 Å². The van der Waals surface area contributed by atoms with Gasteiger partial charge in [0.05, 0.1) is 5.69 Å². The largest absolute Gasteiger partial charge is 0.397 e. The lowest BCUT2D eigenvalue weighted by Gasteiger charge is -2.17. The van der Waals surface area contributed by atoms with Crippen molar-refractivity contribution in [2.45, 2.75) is 34.1 Å². The smallest absolute Gasteiger partial charge is 0.263 e. The Hall–Kier alpha value is -1.55. The molecule has 0 bridgehead atoms. The van der Waals surface area contributed by atoms with Crippen LogP contribution in [0.1, 0.15) is 42.4 Å². The first-order valence-electron chi connectivity index (χ1n) is 6.85. The van der Waals surface area contributed by atoms with Crippen LogP contribution in [0, 0.1) is 12.3 Å². The number of hydrogen-bond donors (Lipinski definition) is 2. The van der Waals surface area contributed by atoms with Gasteiger partial charge in [0, 0.05) is 16.6 Å². The Labute approximate surface area is 124 Å². The zero-order valence-corrected chi connectivity index (χ0v) is 13.4. The van der Waals surface area contributed by atoms with Gasteiger partial charge >= 0.3 is 0 Å². The van der Waals surface area contributed by atoms with Crippen molar-refractivity contribution in [2.24, 2.45) is 5.41 Å². The van der Waals surface area contributed by atoms with E-state index in [2.05, 4.69) is 32.2 Å². The number of aryl methyl sites for hydroxylation is 1. The highest BCUT2D eigenvalue weighted by Crippen LogP contribution is 2.34. The van der Waals surface area contributed by atoms with Crippen molar-refractivity contribution >= 4 is 33.0 Å². The minimum atomic E-state index is -0.0643. The van der Waals surface area contributed by atoms with Crippen LogP contribution in [0.25, 0.3) is 10.1 Å². The summed E-state index contributed by atoms with van der Waals surface area (Å²) in [5.41, 5.74) is 8.09. The van der Waals surface area contributed by atoms with Crippen LogP contribution in [0.5, 0.6) is 0 Å². The maximum atomic E-state index is 12.2. The van der Waals surface area contributed by atoms with Gasteiger partial charge in [-0.25, -0.2) is 0 Å². The SMILES string of the molecule is Cc1ccc2c(N)c(C(=O)NCCC(C)(C)C)sc2c1. The van der Waals surface area contributed by atoms with E-state index >= 15 is 0 Å². The van der Waals surface area contributed by atoms with Gasteiger partial charge in [0.25, 0.3) is 5.91 Å². The summed E-state index contributed by atoms with van der Waals surface area (Å²) in [6.07, 6.45) is 0.947. The summed E-state index contributed by atoms with van der Waals surface area (Å²) in [6.45, 7) is 9.20. The highest BCUT2D eigenvalue weighted by atomic mass is 32.1. The fraction of sp³-hybridized carbons (Fsp3) is 0.438. The zero-order valence-electron chi connectivity index (χ0n) is 12.5. The topological polar surface area (TPSA) is 55.1 Å². The van der Waals surface area contributed by atoms with Crippen LogP contribution in [0.4, 0.5) is 5.69 Å². The van der Waals surface area contributed by atoms with E-state index in [1.807, 2.05) is 19.1 Å². The molecule has 2 aromatic rings. The van der Waals surface area contributed by atoms with E-state index in [-0.39, 0.29) is 11.3 Å². The molecule has 0 spiro atoms. The molecule has 3 N–H and O–H groups in total. The minimum absolute atomic E-state index is 0.0643. The van der Waals surface area contributed by atoms with E-state index in [0.717, 1.165) is 16.5 Å². The number of rotatable bonds is 3. The Kier molecular flexibility index (Phi) is 4.04. The maximum absolute atomic E-state index is 12.2. The highest BCUT2D eigenvalue weighted by Gasteiger charge is 2.17. The molecule has 4 heteroatoms. The van der Waals surface area contributed by atoms with E-state index in [1.54, 1.807) is 0 Å². The molecule has 1 aromatic heterocycles. The normalized spacial score (nSPS) is 11.8. The van der Waals surface area contributed by atoms with Crippen LogP contribution in [0.3, 0.4) is 0 Å². The number of nitrogens with two attached hydrogens (primary N) is 1. The zero-order chi connectivity index (χ0) is 14.9. The van der Waals surface area contributed by atoms with E-state index in [4.69, 9.17) is 5.73 Å². The van der Waals surface area contributed by atoms with Crippen LogP contribution in [-0.4, -0.2) is 12.5 Å². The number of benzene rings is 1. The molecule has 2 rings (SSSR count). The van der Waals surface area contributed by atoms with E-state index in [1.165, 1.54) is 16.9 Å². The summed E-state index contributed by atoms with van der Waals surface area (Å²) in [5.74, 6) is -0.0643. The average molecular weight is 290 g/mol. The summed E-state index contributed by atoms with van der Waals surface area (Å²) < 4.78 is 1.07. The van der Waals surface area contributed by atoms with E-state index in [0.29, 0.717) is 17.1 Å². The molecule has 0 saturated carbocycles. The lowest BCUT2D eigenvalue weighted by Crippen LogP contribution is -2.27. The molecule has 0 aliphatic rings. The Bertz CT molecular complexity index is 638. The van der Waals surface area contributed by atoms with Crippen molar-refractivity contribution in [1.29, 1.82) is 0 Å². The van der Waals surface area contributed by atoms with Gasteiger partial charge in [-0.2, -0.15) is 0 Å². The molecule has 0 aliphatic heterocycles. The number of anilines is 1. The quantitative estimate of drug-likeness (QED) is 0.899. The molecule has 3 nitrogen and oxygen atoms in total. The van der Waals surface area contributed by atoms with Crippen molar-refractivity contribution in [3.05, 3.63) is 28.6 Å². The van der Waals surface area contributed by atoms with Gasteiger partial charge in [0.2, 0.25) is 0 Å². The molecule has 0 unspecified atom stereocenters. The molecule has 20 heavy (non-hydrogen) atoms. The van der Waals surface area contributed by atoms with Gasteiger partial charge < -0.3 is 11.1 Å². The molecular formula is C16H22N2OS. The number of hydrogen-bond acceptors (Lipinski definition) is 3. The Morgan fingerprint density at radius 3 is 2.70 bits per heavy atom. The lowest BCUT2D eigenvalue weighted by molar-refractivity contribution is 0.0954. The molecule has 1 amide bonds. The molecule has 1 heterocycles. The molecule has 0 atom stereocenters. The van der Waals surface area contributed by atoms with E-state index < -0.39 is 0 Å². The third kappa shape index (κ3) is 3.31. The first-order valence-corrected chi connectivity index (χ1v) is 7.66. The standard InChI is InChI=1S/C16H22N2OS/c1-10-5-6-11-12(9-10)20-14(13(11)17)15(19)18-8-7-16(2,3)4/h5-6,9H,7-8,17H2,1-4H3,(H,18,19). The lowest BCUT2D eigenvalue weighted by atomic mass is 9.92. The Balaban J connectivity index is 2.16. The summed E-state index contributed by atoms with van der Waals surface area (Å²) in [6, 6.07) is 6.08. The molecule has 0 radical (unpaired) electrons. The molecule has 108 valence electrons. The number of amides is 1. The molecular weight excluding hydrogens is 268 g/mol. The van der Waals surface area contributed by atoms with Gasteiger partial charge in [0.1, 0.15) is 4.88 Å². The van der Waals surface area contributed by atoms with E-state index in [9.17, 15) is 4.79 Å². The monoisotopic (exact) mass is 290 g/mol. The number of fused-ring (bicyclic) bond motifs is 1. The Morgan fingerprint density at radius 1 is 1.35 bits per heavy atom. The Morgan fingerprint density at radius 2 is 2.05 bits per heavy atom. The second-order valence-electron chi connectivity index (χ2n) is 6.41.